The molecule has 18 heavy (non-hydrogen) atoms. The Morgan fingerprint density at radius 2 is 1.89 bits per heavy atom. The van der Waals surface area contributed by atoms with Crippen LogP contribution in [0.1, 0.15) is 37.8 Å². The summed E-state index contributed by atoms with van der Waals surface area (Å²) in [4.78, 5) is 0. The third kappa shape index (κ3) is 2.41. The van der Waals surface area contributed by atoms with Crippen molar-refractivity contribution in [2.45, 2.75) is 32.2 Å². The zero-order valence-electron chi connectivity index (χ0n) is 11.0. The quantitative estimate of drug-likeness (QED) is 0.820. The van der Waals surface area contributed by atoms with E-state index >= 15 is 0 Å². The maximum atomic E-state index is 3.71. The predicted molar refractivity (Wildman–Crippen MR) is 77.7 cm³/mol. The highest BCUT2D eigenvalue weighted by Gasteiger charge is 2.31. The molecule has 1 nitrogen and oxygen atoms in total. The second-order valence-corrected chi connectivity index (χ2v) is 5.38. The Kier molecular flexibility index (Phi) is 3.33. The van der Waals surface area contributed by atoms with Crippen molar-refractivity contribution in [1.82, 2.24) is 5.32 Å². The fraction of sp³-hybridized carbons (Fsp3) is 0.412. The van der Waals surface area contributed by atoms with Crippen molar-refractivity contribution in [3.8, 4) is 0 Å². The molecular formula is C17H21N. The van der Waals surface area contributed by atoms with E-state index in [-0.39, 0.29) is 0 Å². The van der Waals surface area contributed by atoms with Crippen LogP contribution in [0.2, 0.25) is 0 Å². The topological polar surface area (TPSA) is 12.0 Å². The van der Waals surface area contributed by atoms with Gasteiger partial charge < -0.3 is 5.32 Å². The summed E-state index contributed by atoms with van der Waals surface area (Å²) >= 11 is 0. The van der Waals surface area contributed by atoms with Gasteiger partial charge in [0.1, 0.15) is 0 Å². The first-order valence-corrected chi connectivity index (χ1v) is 7.10. The molecule has 0 heterocycles. The zero-order chi connectivity index (χ0) is 12.4. The monoisotopic (exact) mass is 239 g/mol. The summed E-state index contributed by atoms with van der Waals surface area (Å²) in [5.74, 6) is 0.859. The Labute approximate surface area is 109 Å². The smallest absolute Gasteiger partial charge is 0.0348 e. The summed E-state index contributed by atoms with van der Waals surface area (Å²) in [7, 11) is 0. The van der Waals surface area contributed by atoms with Crippen molar-refractivity contribution in [3.63, 3.8) is 0 Å². The molecule has 1 unspecified atom stereocenters. The maximum absolute atomic E-state index is 3.71. The van der Waals surface area contributed by atoms with E-state index in [2.05, 4.69) is 54.7 Å². The lowest BCUT2D eigenvalue weighted by molar-refractivity contribution is 0.481. The van der Waals surface area contributed by atoms with Gasteiger partial charge in [-0.25, -0.2) is 0 Å². The van der Waals surface area contributed by atoms with Crippen LogP contribution in [-0.4, -0.2) is 6.54 Å². The first-order valence-electron chi connectivity index (χ1n) is 7.10. The van der Waals surface area contributed by atoms with E-state index in [0.29, 0.717) is 6.04 Å². The summed E-state index contributed by atoms with van der Waals surface area (Å²) in [6, 6.07) is 16.1. The van der Waals surface area contributed by atoms with Crippen molar-refractivity contribution in [1.29, 1.82) is 0 Å². The second-order valence-electron chi connectivity index (χ2n) is 5.38. The van der Waals surface area contributed by atoms with Gasteiger partial charge in [-0.05, 0) is 54.1 Å². The van der Waals surface area contributed by atoms with Gasteiger partial charge in [-0.2, -0.15) is 0 Å². The molecule has 0 radical (unpaired) electrons. The first kappa shape index (κ1) is 11.7. The summed E-state index contributed by atoms with van der Waals surface area (Å²) in [6.45, 7) is 3.35. The largest absolute Gasteiger partial charge is 0.310 e. The third-order valence-corrected chi connectivity index (χ3v) is 3.84. The van der Waals surface area contributed by atoms with E-state index in [0.717, 1.165) is 12.5 Å². The van der Waals surface area contributed by atoms with Gasteiger partial charge in [0, 0.05) is 6.04 Å². The van der Waals surface area contributed by atoms with Crippen molar-refractivity contribution >= 4 is 10.8 Å². The molecule has 0 amide bonds. The number of fused-ring (bicyclic) bond motifs is 1. The molecule has 0 bridgehead atoms. The van der Waals surface area contributed by atoms with E-state index in [9.17, 15) is 0 Å². The van der Waals surface area contributed by atoms with Crippen LogP contribution in [0, 0.1) is 5.92 Å². The molecule has 1 fully saturated rings. The van der Waals surface area contributed by atoms with E-state index in [1.54, 1.807) is 0 Å². The minimum absolute atomic E-state index is 0.564. The Bertz CT molecular complexity index is 528. The molecule has 0 saturated heterocycles. The van der Waals surface area contributed by atoms with Gasteiger partial charge in [0.25, 0.3) is 0 Å². The molecule has 1 heteroatoms. The van der Waals surface area contributed by atoms with Gasteiger partial charge in [-0.15, -0.1) is 0 Å². The maximum Gasteiger partial charge on any atom is 0.0348 e. The van der Waals surface area contributed by atoms with E-state index in [1.165, 1.54) is 35.6 Å². The minimum Gasteiger partial charge on any atom is -0.310 e. The highest BCUT2D eigenvalue weighted by atomic mass is 14.9. The summed E-state index contributed by atoms with van der Waals surface area (Å²) in [6.07, 6.45) is 3.97. The molecule has 0 aromatic heterocycles. The van der Waals surface area contributed by atoms with Crippen LogP contribution in [0.25, 0.3) is 10.8 Å². The third-order valence-electron chi connectivity index (χ3n) is 3.84. The first-order chi connectivity index (χ1) is 8.88. The SMILES string of the molecule is CCCNC(c1ccc2ccccc2c1)C1CC1. The fourth-order valence-electron chi connectivity index (χ4n) is 2.69. The number of nitrogens with one attached hydrogen (secondary N) is 1. The lowest BCUT2D eigenvalue weighted by Gasteiger charge is -2.19. The Hall–Kier alpha value is -1.34. The van der Waals surface area contributed by atoms with Gasteiger partial charge in [0.15, 0.2) is 0 Å². The van der Waals surface area contributed by atoms with Crippen LogP contribution in [0.15, 0.2) is 42.5 Å². The molecule has 1 N–H and O–H groups in total. The number of hydrogen-bond acceptors (Lipinski definition) is 1. The van der Waals surface area contributed by atoms with Crippen LogP contribution in [-0.2, 0) is 0 Å². The van der Waals surface area contributed by atoms with E-state index in [1.807, 2.05) is 0 Å². The van der Waals surface area contributed by atoms with E-state index < -0.39 is 0 Å². The normalized spacial score (nSPS) is 16.9. The fourth-order valence-corrected chi connectivity index (χ4v) is 2.69. The van der Waals surface area contributed by atoms with Crippen molar-refractivity contribution in [3.05, 3.63) is 48.0 Å². The Balaban J connectivity index is 1.90. The van der Waals surface area contributed by atoms with Gasteiger partial charge in [0.2, 0.25) is 0 Å². The van der Waals surface area contributed by atoms with Gasteiger partial charge >= 0.3 is 0 Å². The molecule has 0 aliphatic heterocycles. The molecule has 1 atom stereocenters. The summed E-state index contributed by atoms with van der Waals surface area (Å²) < 4.78 is 0. The second kappa shape index (κ2) is 5.11. The van der Waals surface area contributed by atoms with Gasteiger partial charge in [-0.3, -0.25) is 0 Å². The highest BCUT2D eigenvalue weighted by molar-refractivity contribution is 5.83. The predicted octanol–water partition coefficient (Wildman–Crippen LogP) is 4.29. The van der Waals surface area contributed by atoms with Crippen LogP contribution >= 0.6 is 0 Å². The van der Waals surface area contributed by atoms with Crippen LogP contribution < -0.4 is 5.32 Å². The molecule has 94 valence electrons. The van der Waals surface area contributed by atoms with Crippen LogP contribution in [0.3, 0.4) is 0 Å². The van der Waals surface area contributed by atoms with Crippen molar-refractivity contribution < 1.29 is 0 Å². The van der Waals surface area contributed by atoms with Gasteiger partial charge in [-0.1, -0.05) is 43.3 Å². The molecular weight excluding hydrogens is 218 g/mol. The molecule has 1 saturated carbocycles. The molecule has 2 aromatic carbocycles. The van der Waals surface area contributed by atoms with E-state index in [4.69, 9.17) is 0 Å². The van der Waals surface area contributed by atoms with Crippen molar-refractivity contribution in [2.24, 2.45) is 5.92 Å². The van der Waals surface area contributed by atoms with Gasteiger partial charge in [0.05, 0.1) is 0 Å². The average molecular weight is 239 g/mol. The molecule has 3 rings (SSSR count). The van der Waals surface area contributed by atoms with Crippen molar-refractivity contribution in [2.75, 3.05) is 6.54 Å². The number of rotatable bonds is 5. The number of hydrogen-bond donors (Lipinski definition) is 1. The van der Waals surface area contributed by atoms with Crippen LogP contribution in [0.5, 0.6) is 0 Å². The highest BCUT2D eigenvalue weighted by Crippen LogP contribution is 2.41. The lowest BCUT2D eigenvalue weighted by atomic mass is 9.98. The summed E-state index contributed by atoms with van der Waals surface area (Å²) in [5.41, 5.74) is 1.46. The Morgan fingerprint density at radius 1 is 1.11 bits per heavy atom. The molecule has 1 aliphatic rings. The molecule has 2 aromatic rings. The van der Waals surface area contributed by atoms with Crippen LogP contribution in [0.4, 0.5) is 0 Å². The lowest BCUT2D eigenvalue weighted by Crippen LogP contribution is -2.23. The average Bonchev–Trinajstić information content (AvgIpc) is 3.24. The Morgan fingerprint density at radius 3 is 2.61 bits per heavy atom. The molecule has 0 spiro atoms. The minimum atomic E-state index is 0.564. The standard InChI is InChI=1S/C17H21N/c1-2-11-18-17(14-8-9-14)16-10-7-13-5-3-4-6-15(13)12-16/h3-7,10,12,14,17-18H,2,8-9,11H2,1H3. The zero-order valence-corrected chi connectivity index (χ0v) is 11.0. The number of benzene rings is 2. The molecule has 1 aliphatic carbocycles. The summed E-state index contributed by atoms with van der Waals surface area (Å²) in [5, 5.41) is 6.41.